The van der Waals surface area contributed by atoms with Crippen LogP contribution >= 0.6 is 11.3 Å². The first-order chi connectivity index (χ1) is 9.60. The second-order valence-electron chi connectivity index (χ2n) is 5.16. The van der Waals surface area contributed by atoms with Gasteiger partial charge in [-0.25, -0.2) is 0 Å². The van der Waals surface area contributed by atoms with Gasteiger partial charge in [-0.3, -0.25) is 0 Å². The van der Waals surface area contributed by atoms with Crippen LogP contribution in [0.15, 0.2) is 30.3 Å². The quantitative estimate of drug-likeness (QED) is 0.776. The second-order valence-corrected chi connectivity index (χ2v) is 6.48. The van der Waals surface area contributed by atoms with Crippen molar-refractivity contribution >= 4 is 17.0 Å². The van der Waals surface area contributed by atoms with E-state index >= 15 is 0 Å². The normalized spacial score (nSPS) is 12.2. The minimum Gasteiger partial charge on any atom is -0.491 e. The molecule has 0 bridgehead atoms. The van der Waals surface area contributed by atoms with E-state index in [9.17, 15) is 0 Å². The van der Waals surface area contributed by atoms with Crippen molar-refractivity contribution in [2.45, 2.75) is 40.2 Å². The number of anilines is 1. The Morgan fingerprint density at radius 1 is 1.20 bits per heavy atom. The highest BCUT2D eigenvalue weighted by molar-refractivity contribution is 7.12. The zero-order valence-electron chi connectivity index (χ0n) is 12.7. The first-order valence-corrected chi connectivity index (χ1v) is 7.98. The maximum absolute atomic E-state index is 5.85. The van der Waals surface area contributed by atoms with Crippen molar-refractivity contribution in [2.75, 3.05) is 11.9 Å². The lowest BCUT2D eigenvalue weighted by molar-refractivity contribution is 0.318. The molecule has 2 nitrogen and oxygen atoms in total. The van der Waals surface area contributed by atoms with Crippen LogP contribution in [0.2, 0.25) is 0 Å². The van der Waals surface area contributed by atoms with Crippen LogP contribution < -0.4 is 10.1 Å². The molecule has 2 aromatic rings. The van der Waals surface area contributed by atoms with Gasteiger partial charge in [0.2, 0.25) is 0 Å². The smallest absolute Gasteiger partial charge is 0.142 e. The predicted molar refractivity (Wildman–Crippen MR) is 88.1 cm³/mol. The summed E-state index contributed by atoms with van der Waals surface area (Å²) in [5.41, 5.74) is 2.30. The largest absolute Gasteiger partial charge is 0.491 e. The van der Waals surface area contributed by atoms with Crippen LogP contribution in [0, 0.1) is 13.8 Å². The summed E-state index contributed by atoms with van der Waals surface area (Å²) in [7, 11) is 0. The maximum Gasteiger partial charge on any atom is 0.142 e. The van der Waals surface area contributed by atoms with Crippen LogP contribution in [-0.2, 0) is 0 Å². The average molecular weight is 289 g/mol. The molecule has 1 N–H and O–H groups in total. The van der Waals surface area contributed by atoms with Crippen LogP contribution in [0.3, 0.4) is 0 Å². The molecule has 1 aromatic heterocycles. The molecule has 0 amide bonds. The standard InChI is InChI=1S/C17H23NOS/c1-5-10-19-16-11-12(2)6-8-15(16)18-14(4)17-9-7-13(3)20-17/h6-9,11,14,18H,5,10H2,1-4H3. The molecule has 0 saturated carbocycles. The molecule has 0 aliphatic rings. The van der Waals surface area contributed by atoms with E-state index in [2.05, 4.69) is 63.3 Å². The van der Waals surface area contributed by atoms with E-state index in [1.54, 1.807) is 0 Å². The third kappa shape index (κ3) is 3.76. The lowest BCUT2D eigenvalue weighted by Gasteiger charge is -2.18. The van der Waals surface area contributed by atoms with Crippen molar-refractivity contribution in [2.24, 2.45) is 0 Å². The SMILES string of the molecule is CCCOc1cc(C)ccc1NC(C)c1ccc(C)s1. The van der Waals surface area contributed by atoms with Crippen molar-refractivity contribution in [3.8, 4) is 5.75 Å². The first kappa shape index (κ1) is 14.9. The minimum absolute atomic E-state index is 0.292. The van der Waals surface area contributed by atoms with Gasteiger partial charge in [0.1, 0.15) is 5.75 Å². The number of hydrogen-bond donors (Lipinski definition) is 1. The molecule has 0 aliphatic carbocycles. The number of thiophene rings is 1. The van der Waals surface area contributed by atoms with Crippen molar-refractivity contribution < 1.29 is 4.74 Å². The molecule has 3 heteroatoms. The Bertz CT molecular complexity index is 562. The molecule has 0 fully saturated rings. The van der Waals surface area contributed by atoms with Gasteiger partial charge in [-0.15, -0.1) is 11.3 Å². The van der Waals surface area contributed by atoms with Gasteiger partial charge < -0.3 is 10.1 Å². The highest BCUT2D eigenvalue weighted by Gasteiger charge is 2.11. The Labute approximate surface area is 125 Å². The summed E-state index contributed by atoms with van der Waals surface area (Å²) >= 11 is 1.84. The number of hydrogen-bond acceptors (Lipinski definition) is 3. The summed E-state index contributed by atoms with van der Waals surface area (Å²) in [6.07, 6.45) is 1.02. The molecule has 108 valence electrons. The fourth-order valence-corrected chi connectivity index (χ4v) is 2.95. The van der Waals surface area contributed by atoms with Crippen molar-refractivity contribution in [1.29, 1.82) is 0 Å². The number of benzene rings is 1. The molecule has 1 aromatic carbocycles. The lowest BCUT2D eigenvalue weighted by Crippen LogP contribution is -2.07. The van der Waals surface area contributed by atoms with Gasteiger partial charge >= 0.3 is 0 Å². The summed E-state index contributed by atoms with van der Waals surface area (Å²) in [6, 6.07) is 11.0. The highest BCUT2D eigenvalue weighted by atomic mass is 32.1. The monoisotopic (exact) mass is 289 g/mol. The van der Waals surface area contributed by atoms with Gasteiger partial charge in [-0.1, -0.05) is 13.0 Å². The highest BCUT2D eigenvalue weighted by Crippen LogP contribution is 2.31. The van der Waals surface area contributed by atoms with Crippen LogP contribution in [0.4, 0.5) is 5.69 Å². The summed E-state index contributed by atoms with van der Waals surface area (Å²) in [6.45, 7) is 9.30. The van der Waals surface area contributed by atoms with E-state index in [1.807, 2.05) is 11.3 Å². The summed E-state index contributed by atoms with van der Waals surface area (Å²) in [5, 5.41) is 3.56. The molecule has 0 saturated heterocycles. The predicted octanol–water partition coefficient (Wildman–Crippen LogP) is 5.33. The molecule has 20 heavy (non-hydrogen) atoms. The third-order valence-electron chi connectivity index (χ3n) is 3.16. The molecular weight excluding hydrogens is 266 g/mol. The van der Waals surface area contributed by atoms with Gasteiger partial charge in [0, 0.05) is 9.75 Å². The van der Waals surface area contributed by atoms with Crippen molar-refractivity contribution in [1.82, 2.24) is 0 Å². The molecule has 1 heterocycles. The van der Waals surface area contributed by atoms with E-state index in [0.717, 1.165) is 24.5 Å². The summed E-state index contributed by atoms with van der Waals surface area (Å²) in [5.74, 6) is 0.951. The average Bonchev–Trinajstić information content (AvgIpc) is 2.85. The number of ether oxygens (including phenoxy) is 1. The number of rotatable bonds is 6. The Morgan fingerprint density at radius 3 is 2.65 bits per heavy atom. The Kier molecular flexibility index (Phi) is 5.07. The minimum atomic E-state index is 0.292. The zero-order chi connectivity index (χ0) is 14.5. The lowest BCUT2D eigenvalue weighted by atomic mass is 10.2. The maximum atomic E-state index is 5.85. The fourth-order valence-electron chi connectivity index (χ4n) is 2.07. The van der Waals surface area contributed by atoms with E-state index in [-0.39, 0.29) is 0 Å². The van der Waals surface area contributed by atoms with Gasteiger partial charge in [0.05, 0.1) is 18.3 Å². The Balaban J connectivity index is 2.15. The summed E-state index contributed by atoms with van der Waals surface area (Å²) < 4.78 is 5.85. The van der Waals surface area contributed by atoms with E-state index in [0.29, 0.717) is 6.04 Å². The number of aryl methyl sites for hydroxylation is 2. The third-order valence-corrected chi connectivity index (χ3v) is 4.34. The first-order valence-electron chi connectivity index (χ1n) is 7.16. The van der Waals surface area contributed by atoms with E-state index in [1.165, 1.54) is 15.3 Å². The molecule has 0 radical (unpaired) electrons. The van der Waals surface area contributed by atoms with Crippen molar-refractivity contribution in [3.05, 3.63) is 45.6 Å². The van der Waals surface area contributed by atoms with Gasteiger partial charge in [-0.05, 0) is 57.0 Å². The van der Waals surface area contributed by atoms with Gasteiger partial charge in [-0.2, -0.15) is 0 Å². The van der Waals surface area contributed by atoms with Crippen LogP contribution in [0.25, 0.3) is 0 Å². The van der Waals surface area contributed by atoms with Crippen LogP contribution in [-0.4, -0.2) is 6.61 Å². The molecule has 1 atom stereocenters. The zero-order valence-corrected chi connectivity index (χ0v) is 13.5. The topological polar surface area (TPSA) is 21.3 Å². The van der Waals surface area contributed by atoms with E-state index < -0.39 is 0 Å². The van der Waals surface area contributed by atoms with Crippen LogP contribution in [0.1, 0.15) is 41.6 Å². The van der Waals surface area contributed by atoms with Gasteiger partial charge in [0.25, 0.3) is 0 Å². The Hall–Kier alpha value is -1.48. The molecule has 0 aliphatic heterocycles. The van der Waals surface area contributed by atoms with E-state index in [4.69, 9.17) is 4.74 Å². The second kappa shape index (κ2) is 6.80. The Morgan fingerprint density at radius 2 is 2.00 bits per heavy atom. The molecule has 1 unspecified atom stereocenters. The number of nitrogens with one attached hydrogen (secondary N) is 1. The van der Waals surface area contributed by atoms with Gasteiger partial charge in [0.15, 0.2) is 0 Å². The van der Waals surface area contributed by atoms with Crippen molar-refractivity contribution in [3.63, 3.8) is 0 Å². The van der Waals surface area contributed by atoms with Crippen LogP contribution in [0.5, 0.6) is 5.75 Å². The molecule has 2 rings (SSSR count). The fraction of sp³-hybridized carbons (Fsp3) is 0.412. The molecular formula is C17H23NOS. The summed E-state index contributed by atoms with van der Waals surface area (Å²) in [4.78, 5) is 2.70. The molecule has 0 spiro atoms.